The number of carbonyl (C=O) groups excluding carboxylic acids is 2. The van der Waals surface area contributed by atoms with Gasteiger partial charge in [0, 0.05) is 31.5 Å². The number of fused-ring (bicyclic) bond motifs is 3. The summed E-state index contributed by atoms with van der Waals surface area (Å²) in [6.07, 6.45) is 0.815. The maximum Gasteiger partial charge on any atom is 0.228 e. The Morgan fingerprint density at radius 1 is 1.11 bits per heavy atom. The van der Waals surface area contributed by atoms with Crippen LogP contribution < -0.4 is 0 Å². The van der Waals surface area contributed by atoms with Crippen molar-refractivity contribution in [3.63, 3.8) is 0 Å². The zero-order valence-electron chi connectivity index (χ0n) is 11.1. The Hall–Kier alpha value is -2.10. The van der Waals surface area contributed by atoms with E-state index in [0.29, 0.717) is 6.54 Å². The summed E-state index contributed by atoms with van der Waals surface area (Å²) in [4.78, 5) is 25.3. The molecule has 0 spiro atoms. The molecule has 2 heterocycles. The van der Waals surface area contributed by atoms with Crippen molar-refractivity contribution in [2.45, 2.75) is 26.8 Å². The van der Waals surface area contributed by atoms with Gasteiger partial charge in [0.25, 0.3) is 0 Å². The number of benzene rings is 1. The third-order valence-corrected chi connectivity index (χ3v) is 3.82. The van der Waals surface area contributed by atoms with Crippen LogP contribution in [-0.2, 0) is 17.8 Å². The lowest BCUT2D eigenvalue weighted by atomic mass is 10.0. The molecule has 4 nitrogen and oxygen atoms in total. The van der Waals surface area contributed by atoms with Gasteiger partial charge in [0.15, 0.2) is 0 Å². The molecule has 19 heavy (non-hydrogen) atoms. The molecule has 0 radical (unpaired) electrons. The fourth-order valence-corrected chi connectivity index (χ4v) is 2.94. The molecule has 2 aromatic rings. The molecule has 1 amide bonds. The summed E-state index contributed by atoms with van der Waals surface area (Å²) in [6.45, 7) is 4.40. The van der Waals surface area contributed by atoms with E-state index >= 15 is 0 Å². The average molecular weight is 256 g/mol. The first-order chi connectivity index (χ1) is 9.09. The molecular formula is C15H16N2O2. The summed E-state index contributed by atoms with van der Waals surface area (Å²) in [5.41, 5.74) is 3.13. The van der Waals surface area contributed by atoms with Crippen LogP contribution in [0.2, 0.25) is 0 Å². The van der Waals surface area contributed by atoms with Crippen molar-refractivity contribution in [3.8, 4) is 0 Å². The molecule has 1 aromatic carbocycles. The third-order valence-electron chi connectivity index (χ3n) is 3.82. The molecule has 0 N–H and O–H groups in total. The van der Waals surface area contributed by atoms with Crippen molar-refractivity contribution in [3.05, 3.63) is 35.5 Å². The van der Waals surface area contributed by atoms with Gasteiger partial charge in [-0.15, -0.1) is 0 Å². The minimum absolute atomic E-state index is 0.00264. The Balaban J connectivity index is 2.25. The smallest absolute Gasteiger partial charge is 0.228 e. The lowest BCUT2D eigenvalue weighted by molar-refractivity contribution is -0.129. The van der Waals surface area contributed by atoms with Crippen molar-refractivity contribution < 1.29 is 9.59 Å². The number of nitrogens with zero attached hydrogens (tertiary/aromatic N) is 2. The van der Waals surface area contributed by atoms with E-state index in [1.165, 1.54) is 5.56 Å². The van der Waals surface area contributed by atoms with Crippen molar-refractivity contribution in [2.75, 3.05) is 6.54 Å². The van der Waals surface area contributed by atoms with Gasteiger partial charge in [0.2, 0.25) is 11.8 Å². The van der Waals surface area contributed by atoms with Gasteiger partial charge < -0.3 is 4.90 Å². The Morgan fingerprint density at radius 3 is 2.53 bits per heavy atom. The molecule has 0 aliphatic carbocycles. The van der Waals surface area contributed by atoms with E-state index in [0.717, 1.165) is 29.6 Å². The Bertz CT molecular complexity index is 685. The van der Waals surface area contributed by atoms with E-state index in [2.05, 4.69) is 6.07 Å². The van der Waals surface area contributed by atoms with E-state index in [9.17, 15) is 9.59 Å². The number of hydrogen-bond donors (Lipinski definition) is 0. The molecular weight excluding hydrogens is 240 g/mol. The molecule has 0 saturated heterocycles. The van der Waals surface area contributed by atoms with E-state index in [1.807, 2.05) is 18.2 Å². The first-order valence-electron chi connectivity index (χ1n) is 6.47. The topological polar surface area (TPSA) is 42.3 Å². The summed E-state index contributed by atoms with van der Waals surface area (Å²) in [5.74, 6) is 0.0638. The maximum absolute atomic E-state index is 11.9. The Morgan fingerprint density at radius 2 is 1.84 bits per heavy atom. The van der Waals surface area contributed by atoms with E-state index in [4.69, 9.17) is 0 Å². The van der Waals surface area contributed by atoms with E-state index in [1.54, 1.807) is 23.3 Å². The van der Waals surface area contributed by atoms with Crippen molar-refractivity contribution in [2.24, 2.45) is 0 Å². The second-order valence-corrected chi connectivity index (χ2v) is 4.99. The van der Waals surface area contributed by atoms with E-state index < -0.39 is 0 Å². The molecule has 3 rings (SSSR count). The van der Waals surface area contributed by atoms with Crippen LogP contribution in [0.1, 0.15) is 29.9 Å². The van der Waals surface area contributed by atoms with Gasteiger partial charge in [-0.1, -0.05) is 18.2 Å². The Kier molecular flexibility index (Phi) is 2.66. The monoisotopic (exact) mass is 256 g/mol. The largest absolute Gasteiger partial charge is 0.337 e. The highest BCUT2D eigenvalue weighted by molar-refractivity contribution is 5.95. The van der Waals surface area contributed by atoms with Crippen LogP contribution in [0.3, 0.4) is 0 Å². The zero-order chi connectivity index (χ0) is 13.6. The lowest BCUT2D eigenvalue weighted by Gasteiger charge is -2.27. The predicted molar refractivity (Wildman–Crippen MR) is 73.0 cm³/mol. The summed E-state index contributed by atoms with van der Waals surface area (Å²) in [7, 11) is 0. The van der Waals surface area contributed by atoms with Crippen LogP contribution in [0.25, 0.3) is 10.9 Å². The normalized spacial score (nSPS) is 14.5. The van der Waals surface area contributed by atoms with Gasteiger partial charge in [-0.25, -0.2) is 0 Å². The maximum atomic E-state index is 11.9. The second kappa shape index (κ2) is 4.23. The summed E-state index contributed by atoms with van der Waals surface area (Å²) >= 11 is 0. The van der Waals surface area contributed by atoms with Crippen LogP contribution in [0.15, 0.2) is 24.3 Å². The fourth-order valence-electron chi connectivity index (χ4n) is 2.94. The SMILES string of the molecule is CC(=O)N1CCc2c(n(C(C)=O)c3ccccc23)C1. The van der Waals surface area contributed by atoms with Crippen molar-refractivity contribution >= 4 is 22.7 Å². The first kappa shape index (κ1) is 12.0. The van der Waals surface area contributed by atoms with Gasteiger partial charge in [-0.2, -0.15) is 0 Å². The average Bonchev–Trinajstić information content (AvgIpc) is 2.72. The summed E-state index contributed by atoms with van der Waals surface area (Å²) in [6, 6.07) is 7.95. The van der Waals surface area contributed by atoms with Gasteiger partial charge in [-0.3, -0.25) is 14.2 Å². The number of carbonyl (C=O) groups is 2. The molecule has 0 fully saturated rings. The molecule has 1 aliphatic heterocycles. The van der Waals surface area contributed by atoms with Crippen LogP contribution in [0.4, 0.5) is 0 Å². The molecule has 0 saturated carbocycles. The van der Waals surface area contributed by atoms with Crippen LogP contribution >= 0.6 is 0 Å². The molecule has 4 heteroatoms. The van der Waals surface area contributed by atoms with E-state index in [-0.39, 0.29) is 11.8 Å². The highest BCUT2D eigenvalue weighted by Crippen LogP contribution is 2.30. The van der Waals surface area contributed by atoms with Gasteiger partial charge in [0.05, 0.1) is 12.1 Å². The van der Waals surface area contributed by atoms with Crippen LogP contribution in [-0.4, -0.2) is 27.8 Å². The fraction of sp³-hybridized carbons (Fsp3) is 0.333. The molecule has 98 valence electrons. The highest BCUT2D eigenvalue weighted by Gasteiger charge is 2.26. The molecule has 1 aromatic heterocycles. The molecule has 0 unspecified atom stereocenters. The lowest BCUT2D eigenvalue weighted by Crippen LogP contribution is -2.35. The van der Waals surface area contributed by atoms with Gasteiger partial charge in [0.1, 0.15) is 0 Å². The van der Waals surface area contributed by atoms with Gasteiger partial charge in [-0.05, 0) is 18.1 Å². The standard InChI is InChI=1S/C15H16N2O2/c1-10(18)16-8-7-13-12-5-3-4-6-14(12)17(11(2)19)15(13)9-16/h3-6H,7-9H2,1-2H3. The van der Waals surface area contributed by atoms with Crippen LogP contribution in [0.5, 0.6) is 0 Å². The number of para-hydroxylation sites is 1. The van der Waals surface area contributed by atoms with Crippen molar-refractivity contribution in [1.82, 2.24) is 9.47 Å². The number of amides is 1. The highest BCUT2D eigenvalue weighted by atomic mass is 16.2. The summed E-state index contributed by atoms with van der Waals surface area (Å²) in [5, 5.41) is 1.14. The third kappa shape index (κ3) is 1.75. The minimum Gasteiger partial charge on any atom is -0.337 e. The summed E-state index contributed by atoms with van der Waals surface area (Å²) < 4.78 is 1.75. The second-order valence-electron chi connectivity index (χ2n) is 4.99. The zero-order valence-corrected chi connectivity index (χ0v) is 11.1. The molecule has 1 aliphatic rings. The Labute approximate surface area is 111 Å². The molecule has 0 bridgehead atoms. The minimum atomic E-state index is 0.00264. The van der Waals surface area contributed by atoms with Gasteiger partial charge >= 0.3 is 0 Å². The predicted octanol–water partition coefficient (Wildman–Crippen LogP) is 2.21. The first-order valence-corrected chi connectivity index (χ1v) is 6.47. The van der Waals surface area contributed by atoms with Crippen LogP contribution in [0, 0.1) is 0 Å². The quantitative estimate of drug-likeness (QED) is 0.725. The van der Waals surface area contributed by atoms with Crippen molar-refractivity contribution in [1.29, 1.82) is 0 Å². The number of aromatic nitrogens is 1. The number of hydrogen-bond acceptors (Lipinski definition) is 2. The number of rotatable bonds is 0. The molecule has 0 atom stereocenters.